The molecule has 0 radical (unpaired) electrons. The molecule has 1 heterocycles. The largest absolute Gasteiger partial charge is 0.497 e. The van der Waals surface area contributed by atoms with E-state index >= 15 is 0 Å². The van der Waals surface area contributed by atoms with Crippen LogP contribution in [0.4, 0.5) is 5.82 Å². The van der Waals surface area contributed by atoms with Crippen molar-refractivity contribution in [2.75, 3.05) is 20.0 Å². The number of methoxy groups -OCH3 is 2. The molecular weight excluding hydrogens is 254 g/mol. The summed E-state index contributed by atoms with van der Waals surface area (Å²) in [6, 6.07) is 7.04. The van der Waals surface area contributed by atoms with E-state index in [2.05, 4.69) is 10.2 Å². The molecule has 6 heteroatoms. The molecule has 0 saturated carbocycles. The number of nitrogen functional groups attached to an aromatic ring is 1. The van der Waals surface area contributed by atoms with Gasteiger partial charge in [0.05, 0.1) is 14.2 Å². The Morgan fingerprint density at radius 2 is 1.83 bits per heavy atom. The Hall–Kier alpha value is -2.01. The third kappa shape index (κ3) is 2.31. The SMILES string of the molecule is COc1ccc(OC)c(-c2cc(Cl)nnc2N)c1. The number of ether oxygens (including phenoxy) is 2. The predicted octanol–water partition coefficient (Wildman–Crippen LogP) is 2.40. The van der Waals surface area contributed by atoms with E-state index in [4.69, 9.17) is 26.8 Å². The quantitative estimate of drug-likeness (QED) is 0.923. The number of benzene rings is 1. The first-order valence-electron chi connectivity index (χ1n) is 5.16. The molecule has 0 aliphatic rings. The minimum atomic E-state index is 0.268. The van der Waals surface area contributed by atoms with E-state index in [1.807, 2.05) is 6.07 Å². The summed E-state index contributed by atoms with van der Waals surface area (Å²) in [5, 5.41) is 7.73. The molecule has 0 fully saturated rings. The number of rotatable bonds is 3. The van der Waals surface area contributed by atoms with Crippen molar-refractivity contribution in [2.24, 2.45) is 0 Å². The van der Waals surface area contributed by atoms with Crippen LogP contribution in [0.5, 0.6) is 11.5 Å². The second-order valence-corrected chi connectivity index (χ2v) is 3.92. The van der Waals surface area contributed by atoms with Crippen LogP contribution in [0.3, 0.4) is 0 Å². The molecule has 0 saturated heterocycles. The zero-order valence-corrected chi connectivity index (χ0v) is 10.7. The minimum absolute atomic E-state index is 0.268. The van der Waals surface area contributed by atoms with E-state index in [1.54, 1.807) is 32.4 Å². The number of nitrogens with zero attached hydrogens (tertiary/aromatic N) is 2. The van der Waals surface area contributed by atoms with E-state index in [0.29, 0.717) is 17.1 Å². The van der Waals surface area contributed by atoms with Crippen molar-refractivity contribution in [3.8, 4) is 22.6 Å². The highest BCUT2D eigenvalue weighted by Gasteiger charge is 2.12. The Balaban J connectivity index is 2.64. The summed E-state index contributed by atoms with van der Waals surface area (Å²) in [7, 11) is 3.17. The Labute approximate surface area is 109 Å². The first kappa shape index (κ1) is 12.4. The van der Waals surface area contributed by atoms with Crippen LogP contribution < -0.4 is 15.2 Å². The average Bonchev–Trinajstić information content (AvgIpc) is 2.40. The van der Waals surface area contributed by atoms with Crippen molar-refractivity contribution < 1.29 is 9.47 Å². The van der Waals surface area contributed by atoms with E-state index < -0.39 is 0 Å². The second-order valence-electron chi connectivity index (χ2n) is 3.53. The van der Waals surface area contributed by atoms with Gasteiger partial charge in [0.15, 0.2) is 11.0 Å². The fraction of sp³-hybridized carbons (Fsp3) is 0.167. The maximum absolute atomic E-state index is 5.83. The first-order valence-corrected chi connectivity index (χ1v) is 5.54. The Kier molecular flexibility index (Phi) is 3.53. The van der Waals surface area contributed by atoms with Crippen molar-refractivity contribution in [3.05, 3.63) is 29.4 Å². The van der Waals surface area contributed by atoms with E-state index in [0.717, 1.165) is 5.56 Å². The lowest BCUT2D eigenvalue weighted by Gasteiger charge is -2.11. The summed E-state index contributed by atoms with van der Waals surface area (Å²) >= 11 is 5.83. The van der Waals surface area contributed by atoms with Gasteiger partial charge in [-0.1, -0.05) is 11.6 Å². The summed E-state index contributed by atoms with van der Waals surface area (Å²) in [6.07, 6.45) is 0. The van der Waals surface area contributed by atoms with E-state index in [1.165, 1.54) is 0 Å². The first-order chi connectivity index (χ1) is 8.65. The molecule has 94 valence electrons. The van der Waals surface area contributed by atoms with Crippen molar-refractivity contribution in [1.82, 2.24) is 10.2 Å². The average molecular weight is 266 g/mol. The number of hydrogen-bond donors (Lipinski definition) is 1. The lowest BCUT2D eigenvalue weighted by Crippen LogP contribution is -1.98. The predicted molar refractivity (Wildman–Crippen MR) is 70.0 cm³/mol. The summed E-state index contributed by atoms with van der Waals surface area (Å²) in [4.78, 5) is 0. The lowest BCUT2D eigenvalue weighted by atomic mass is 10.1. The second kappa shape index (κ2) is 5.10. The maximum atomic E-state index is 5.83. The van der Waals surface area contributed by atoms with Crippen LogP contribution in [0.15, 0.2) is 24.3 Å². The third-order valence-corrected chi connectivity index (χ3v) is 2.67. The minimum Gasteiger partial charge on any atom is -0.497 e. The van der Waals surface area contributed by atoms with Gasteiger partial charge in [0.1, 0.15) is 11.5 Å². The standard InChI is InChI=1S/C12H12ClN3O2/c1-17-7-3-4-10(18-2)8(5-7)9-6-11(13)15-16-12(9)14/h3-6H,1-2H3,(H2,14,16). The summed E-state index contributed by atoms with van der Waals surface area (Å²) in [6.45, 7) is 0. The van der Waals surface area contributed by atoms with Gasteiger partial charge in [0.2, 0.25) is 0 Å². The molecule has 1 aromatic carbocycles. The lowest BCUT2D eigenvalue weighted by molar-refractivity contribution is 0.404. The van der Waals surface area contributed by atoms with Gasteiger partial charge >= 0.3 is 0 Å². The summed E-state index contributed by atoms with van der Waals surface area (Å²) in [5.74, 6) is 1.63. The molecule has 0 bridgehead atoms. The molecule has 0 aliphatic heterocycles. The number of hydrogen-bond acceptors (Lipinski definition) is 5. The van der Waals surface area contributed by atoms with Crippen LogP contribution in [0.25, 0.3) is 11.1 Å². The molecule has 0 unspecified atom stereocenters. The Morgan fingerprint density at radius 1 is 1.06 bits per heavy atom. The number of aromatic nitrogens is 2. The number of nitrogens with two attached hydrogens (primary N) is 1. The normalized spacial score (nSPS) is 10.2. The van der Waals surface area contributed by atoms with Crippen LogP contribution in [0.1, 0.15) is 0 Å². The van der Waals surface area contributed by atoms with Gasteiger partial charge in [0.25, 0.3) is 0 Å². The fourth-order valence-electron chi connectivity index (χ4n) is 1.62. The maximum Gasteiger partial charge on any atom is 0.154 e. The van der Waals surface area contributed by atoms with E-state index in [-0.39, 0.29) is 11.0 Å². The van der Waals surface area contributed by atoms with Crippen LogP contribution in [-0.4, -0.2) is 24.4 Å². The van der Waals surface area contributed by atoms with Gasteiger partial charge in [-0.25, -0.2) is 0 Å². The van der Waals surface area contributed by atoms with Gasteiger partial charge in [-0.3, -0.25) is 0 Å². The highest BCUT2D eigenvalue weighted by molar-refractivity contribution is 6.29. The number of anilines is 1. The van der Waals surface area contributed by atoms with Gasteiger partial charge < -0.3 is 15.2 Å². The molecule has 5 nitrogen and oxygen atoms in total. The van der Waals surface area contributed by atoms with Crippen molar-refractivity contribution >= 4 is 17.4 Å². The number of halogens is 1. The zero-order valence-electron chi connectivity index (χ0n) is 9.98. The van der Waals surface area contributed by atoms with Crippen LogP contribution in [0.2, 0.25) is 5.15 Å². The van der Waals surface area contributed by atoms with Crippen molar-refractivity contribution in [1.29, 1.82) is 0 Å². The Bertz CT molecular complexity index is 575. The smallest absolute Gasteiger partial charge is 0.154 e. The van der Waals surface area contributed by atoms with Crippen molar-refractivity contribution in [3.63, 3.8) is 0 Å². The zero-order chi connectivity index (χ0) is 13.1. The van der Waals surface area contributed by atoms with Crippen LogP contribution in [-0.2, 0) is 0 Å². The van der Waals surface area contributed by atoms with Gasteiger partial charge in [0, 0.05) is 11.1 Å². The molecule has 0 aliphatic carbocycles. The molecular formula is C12H12ClN3O2. The van der Waals surface area contributed by atoms with E-state index in [9.17, 15) is 0 Å². The topological polar surface area (TPSA) is 70.3 Å². The molecule has 0 amide bonds. The third-order valence-electron chi connectivity index (χ3n) is 2.49. The monoisotopic (exact) mass is 265 g/mol. The molecule has 2 N–H and O–H groups in total. The highest BCUT2D eigenvalue weighted by atomic mass is 35.5. The molecule has 2 rings (SSSR count). The van der Waals surface area contributed by atoms with Crippen LogP contribution in [0, 0.1) is 0 Å². The van der Waals surface area contributed by atoms with Gasteiger partial charge in [-0.05, 0) is 24.3 Å². The van der Waals surface area contributed by atoms with Gasteiger partial charge in [-0.2, -0.15) is 0 Å². The molecule has 2 aromatic rings. The molecule has 1 aromatic heterocycles. The summed E-state index contributed by atoms with van der Waals surface area (Å²) < 4.78 is 10.5. The van der Waals surface area contributed by atoms with Crippen molar-refractivity contribution in [2.45, 2.75) is 0 Å². The fourth-order valence-corrected chi connectivity index (χ4v) is 1.76. The van der Waals surface area contributed by atoms with Gasteiger partial charge in [-0.15, -0.1) is 10.2 Å². The molecule has 0 spiro atoms. The summed E-state index contributed by atoms with van der Waals surface area (Å²) in [5.41, 5.74) is 7.22. The highest BCUT2D eigenvalue weighted by Crippen LogP contribution is 2.36. The Morgan fingerprint density at radius 3 is 2.50 bits per heavy atom. The molecule has 18 heavy (non-hydrogen) atoms. The molecule has 0 atom stereocenters. The van der Waals surface area contributed by atoms with Crippen LogP contribution >= 0.6 is 11.6 Å².